The molecular formula is C31H38FN5O2. The van der Waals surface area contributed by atoms with Gasteiger partial charge in [-0.05, 0) is 59.0 Å². The van der Waals surface area contributed by atoms with Gasteiger partial charge in [0.2, 0.25) is 5.91 Å². The summed E-state index contributed by atoms with van der Waals surface area (Å²) < 4.78 is 13.3. The van der Waals surface area contributed by atoms with Gasteiger partial charge in [0, 0.05) is 45.0 Å². The monoisotopic (exact) mass is 531 g/mol. The van der Waals surface area contributed by atoms with Gasteiger partial charge in [0.15, 0.2) is 0 Å². The van der Waals surface area contributed by atoms with Crippen molar-refractivity contribution in [2.45, 2.75) is 39.9 Å². The Balaban J connectivity index is 1.38. The molecule has 2 amide bonds. The number of nitrogens with zero attached hydrogens (tertiary/aromatic N) is 3. The summed E-state index contributed by atoms with van der Waals surface area (Å²) in [6.45, 7) is 8.54. The van der Waals surface area contributed by atoms with Crippen LogP contribution in [0.3, 0.4) is 0 Å². The first-order chi connectivity index (χ1) is 18.7. The maximum absolute atomic E-state index is 13.3. The van der Waals surface area contributed by atoms with Gasteiger partial charge in [-0.25, -0.2) is 9.40 Å². The summed E-state index contributed by atoms with van der Waals surface area (Å²) in [6.07, 6.45) is 0. The average Bonchev–Trinajstić information content (AvgIpc) is 3.35. The third-order valence-corrected chi connectivity index (χ3v) is 7.06. The van der Waals surface area contributed by atoms with Crippen molar-refractivity contribution in [3.8, 4) is 11.1 Å². The van der Waals surface area contributed by atoms with Crippen LogP contribution in [0.4, 0.5) is 10.1 Å². The van der Waals surface area contributed by atoms with Crippen LogP contribution in [0, 0.1) is 12.7 Å². The lowest BCUT2D eigenvalue weighted by Crippen LogP contribution is -2.49. The molecule has 39 heavy (non-hydrogen) atoms. The van der Waals surface area contributed by atoms with E-state index in [1.165, 1.54) is 23.3 Å². The van der Waals surface area contributed by atoms with E-state index >= 15 is 0 Å². The molecule has 1 heterocycles. The number of amides is 2. The molecule has 206 valence electrons. The van der Waals surface area contributed by atoms with Crippen molar-refractivity contribution >= 4 is 17.5 Å². The van der Waals surface area contributed by atoms with Gasteiger partial charge in [0.05, 0.1) is 6.54 Å². The first kappa shape index (κ1) is 28.3. The van der Waals surface area contributed by atoms with Crippen molar-refractivity contribution in [1.29, 1.82) is 0 Å². The number of hydrogen-bond acceptors (Lipinski definition) is 5. The Morgan fingerprint density at radius 3 is 2.21 bits per heavy atom. The molecule has 0 unspecified atom stereocenters. The van der Waals surface area contributed by atoms with E-state index < -0.39 is 0 Å². The fourth-order valence-electron chi connectivity index (χ4n) is 4.70. The van der Waals surface area contributed by atoms with Crippen LogP contribution in [0.1, 0.15) is 30.5 Å². The number of hydrogen-bond donors (Lipinski definition) is 2. The highest BCUT2D eigenvalue weighted by Crippen LogP contribution is 2.25. The van der Waals surface area contributed by atoms with Crippen LogP contribution < -0.4 is 10.6 Å². The van der Waals surface area contributed by atoms with Gasteiger partial charge < -0.3 is 15.5 Å². The van der Waals surface area contributed by atoms with Gasteiger partial charge in [-0.3, -0.25) is 14.6 Å². The van der Waals surface area contributed by atoms with Crippen LogP contribution in [0.15, 0.2) is 66.7 Å². The van der Waals surface area contributed by atoms with Crippen LogP contribution >= 0.6 is 0 Å². The predicted molar refractivity (Wildman–Crippen MR) is 153 cm³/mol. The molecule has 0 atom stereocenters. The molecule has 0 saturated carbocycles. The number of rotatable bonds is 11. The van der Waals surface area contributed by atoms with E-state index in [2.05, 4.69) is 36.6 Å². The highest BCUT2D eigenvalue weighted by molar-refractivity contribution is 5.87. The van der Waals surface area contributed by atoms with E-state index in [0.29, 0.717) is 26.2 Å². The number of anilines is 1. The topological polar surface area (TPSA) is 67.9 Å². The van der Waals surface area contributed by atoms with Crippen molar-refractivity contribution in [3.63, 3.8) is 0 Å². The third kappa shape index (κ3) is 7.43. The molecule has 0 fully saturated rings. The smallest absolute Gasteiger partial charge is 0.256 e. The minimum atomic E-state index is -0.268. The zero-order valence-electron chi connectivity index (χ0n) is 23.2. The summed E-state index contributed by atoms with van der Waals surface area (Å²) in [5, 5.41) is 10.2. The number of carbonyl (C=O) groups excluding carboxylic acids is 2. The van der Waals surface area contributed by atoms with E-state index in [1.54, 1.807) is 29.1 Å². The molecule has 0 aliphatic carbocycles. The lowest BCUT2D eigenvalue weighted by molar-refractivity contribution is -0.151. The van der Waals surface area contributed by atoms with Gasteiger partial charge in [-0.15, -0.1) is 0 Å². The summed E-state index contributed by atoms with van der Waals surface area (Å²) in [7, 11) is 1.77. The van der Waals surface area contributed by atoms with E-state index in [0.717, 1.165) is 22.4 Å². The number of hydrazine groups is 1. The summed E-state index contributed by atoms with van der Waals surface area (Å²) in [6, 6.07) is 20.7. The number of carbonyl (C=O) groups is 2. The minimum Gasteiger partial charge on any atom is -0.376 e. The van der Waals surface area contributed by atoms with E-state index in [1.807, 2.05) is 42.3 Å². The number of aryl methyl sites for hydroxylation is 1. The molecule has 0 aromatic heterocycles. The number of halogens is 1. The average molecular weight is 532 g/mol. The third-order valence-electron chi connectivity index (χ3n) is 7.06. The van der Waals surface area contributed by atoms with Crippen molar-refractivity contribution in [1.82, 2.24) is 20.2 Å². The second kappa shape index (κ2) is 12.9. The molecule has 7 nitrogen and oxygen atoms in total. The van der Waals surface area contributed by atoms with Gasteiger partial charge in [0.25, 0.3) is 5.91 Å². The Labute approximate surface area is 230 Å². The van der Waals surface area contributed by atoms with Crippen LogP contribution in [0.25, 0.3) is 11.1 Å². The molecule has 4 rings (SSSR count). The van der Waals surface area contributed by atoms with Crippen molar-refractivity contribution in [2.24, 2.45) is 0 Å². The Morgan fingerprint density at radius 2 is 1.59 bits per heavy atom. The van der Waals surface area contributed by atoms with Gasteiger partial charge in [-0.2, -0.15) is 0 Å². The van der Waals surface area contributed by atoms with Crippen LogP contribution in [0.5, 0.6) is 0 Å². The lowest BCUT2D eigenvalue weighted by Gasteiger charge is -2.31. The first-order valence-electron chi connectivity index (χ1n) is 13.4. The van der Waals surface area contributed by atoms with E-state index in [9.17, 15) is 14.0 Å². The van der Waals surface area contributed by atoms with Crippen molar-refractivity contribution in [2.75, 3.05) is 38.5 Å². The SMILES string of the molecule is Cc1cc(-c2ccc(F)cc2)ccc1NCC(=O)N(CCNC(C)C)CC(=O)N(C)N1Cc2ccccc2C1. The Hall–Kier alpha value is -3.75. The molecule has 3 aromatic carbocycles. The highest BCUT2D eigenvalue weighted by Gasteiger charge is 2.27. The molecule has 1 aliphatic heterocycles. The molecule has 0 saturated heterocycles. The molecule has 8 heteroatoms. The van der Waals surface area contributed by atoms with Gasteiger partial charge in [0.1, 0.15) is 12.4 Å². The summed E-state index contributed by atoms with van der Waals surface area (Å²) in [5.41, 5.74) is 6.15. The van der Waals surface area contributed by atoms with Gasteiger partial charge in [-0.1, -0.05) is 56.3 Å². The highest BCUT2D eigenvalue weighted by atomic mass is 19.1. The van der Waals surface area contributed by atoms with Crippen molar-refractivity contribution < 1.29 is 14.0 Å². The summed E-state index contributed by atoms with van der Waals surface area (Å²) in [4.78, 5) is 28.2. The number of likely N-dealkylation sites (N-methyl/N-ethyl adjacent to an activating group) is 1. The number of nitrogens with one attached hydrogen (secondary N) is 2. The largest absolute Gasteiger partial charge is 0.376 e. The van der Waals surface area contributed by atoms with Crippen LogP contribution in [-0.4, -0.2) is 66.0 Å². The van der Waals surface area contributed by atoms with Crippen LogP contribution in [-0.2, 0) is 22.7 Å². The standard InChI is InChI=1S/C31H38FN5O2/c1-22(2)33-15-16-36(21-31(39)35(4)37-19-26-7-5-6-8-27(26)20-37)30(38)18-34-29-14-11-25(17-23(29)3)24-9-12-28(32)13-10-24/h5-14,17,22,33-34H,15-16,18-21H2,1-4H3. The fourth-order valence-corrected chi connectivity index (χ4v) is 4.70. The summed E-state index contributed by atoms with van der Waals surface area (Å²) in [5.74, 6) is -0.537. The second-order valence-electron chi connectivity index (χ2n) is 10.3. The maximum atomic E-state index is 13.3. The predicted octanol–water partition coefficient (Wildman–Crippen LogP) is 4.43. The molecule has 0 spiro atoms. The number of benzene rings is 3. The fraction of sp³-hybridized carbons (Fsp3) is 0.355. The minimum absolute atomic E-state index is 0.00607. The first-order valence-corrected chi connectivity index (χ1v) is 13.4. The second-order valence-corrected chi connectivity index (χ2v) is 10.3. The Morgan fingerprint density at radius 1 is 0.949 bits per heavy atom. The van der Waals surface area contributed by atoms with E-state index in [-0.39, 0.29) is 36.8 Å². The lowest BCUT2D eigenvalue weighted by atomic mass is 10.0. The Bertz CT molecular complexity index is 1270. The van der Waals surface area contributed by atoms with Crippen molar-refractivity contribution in [3.05, 3.63) is 89.2 Å². The Kier molecular flexibility index (Phi) is 9.32. The molecule has 0 radical (unpaired) electrons. The normalized spacial score (nSPS) is 12.9. The zero-order chi connectivity index (χ0) is 27.9. The van der Waals surface area contributed by atoms with E-state index in [4.69, 9.17) is 0 Å². The molecule has 0 bridgehead atoms. The van der Waals surface area contributed by atoms with Gasteiger partial charge >= 0.3 is 0 Å². The number of fused-ring (bicyclic) bond motifs is 1. The zero-order valence-corrected chi connectivity index (χ0v) is 23.2. The maximum Gasteiger partial charge on any atom is 0.256 e. The molecule has 2 N–H and O–H groups in total. The summed E-state index contributed by atoms with van der Waals surface area (Å²) >= 11 is 0. The molecule has 3 aromatic rings. The van der Waals surface area contributed by atoms with Crippen LogP contribution in [0.2, 0.25) is 0 Å². The molecule has 1 aliphatic rings. The molecular weight excluding hydrogens is 493 g/mol. The quantitative estimate of drug-likeness (QED) is 0.383.